The molecule has 0 saturated heterocycles. The van der Waals surface area contributed by atoms with E-state index in [1.54, 1.807) is 48.5 Å². The van der Waals surface area contributed by atoms with Gasteiger partial charge in [-0.05, 0) is 55.1 Å². The maximum absolute atomic E-state index is 12.9. The van der Waals surface area contributed by atoms with Gasteiger partial charge in [0.1, 0.15) is 24.0 Å². The fourth-order valence-electron chi connectivity index (χ4n) is 3.20. The van der Waals surface area contributed by atoms with Crippen LogP contribution in [0.5, 0.6) is 0 Å². The molecule has 1 N–H and O–H groups in total. The van der Waals surface area contributed by atoms with Crippen molar-refractivity contribution in [3.63, 3.8) is 0 Å². The monoisotopic (exact) mass is 468 g/mol. The van der Waals surface area contributed by atoms with Crippen LogP contribution in [0.3, 0.4) is 0 Å². The van der Waals surface area contributed by atoms with Crippen LogP contribution in [-0.4, -0.2) is 43.0 Å². The number of nitrogens with one attached hydrogen (secondary N) is 1. The van der Waals surface area contributed by atoms with E-state index in [0.717, 1.165) is 19.4 Å². The van der Waals surface area contributed by atoms with Gasteiger partial charge in [-0.3, -0.25) is 9.59 Å². The average molecular weight is 469 g/mol. The molecule has 1 heterocycles. The minimum Gasteiger partial charge on any atom is -0.463 e. The smallest absolute Gasteiger partial charge is 0.330 e. The standard InChI is InChI=1S/C25H25ClN2O5/c1-3-28(4-2)12-13-32-23(29)11-9-17-8-10-22-20(14-17)24(30)21(16-33-22)25(31)27-19-7-5-6-18(26)15-19/h5-11,14-16H,3-4,12-13H2,1-2H3,(H,27,31)/b11-9+. The molecular formula is C25H25ClN2O5. The Kier molecular flexibility index (Phi) is 8.40. The fraction of sp³-hybridized carbons (Fsp3) is 0.240. The number of likely N-dealkylation sites (N-methyl/N-ethyl adjacent to an activating group) is 1. The molecule has 8 heteroatoms. The second kappa shape index (κ2) is 11.4. The quantitative estimate of drug-likeness (QED) is 0.365. The Morgan fingerprint density at radius 2 is 1.94 bits per heavy atom. The van der Waals surface area contributed by atoms with Gasteiger partial charge in [0.15, 0.2) is 0 Å². The third-order valence-corrected chi connectivity index (χ3v) is 5.32. The predicted octanol–water partition coefficient (Wildman–Crippen LogP) is 4.60. The lowest BCUT2D eigenvalue weighted by Crippen LogP contribution is -2.27. The molecule has 0 radical (unpaired) electrons. The van der Waals surface area contributed by atoms with Crippen LogP contribution >= 0.6 is 11.6 Å². The summed E-state index contributed by atoms with van der Waals surface area (Å²) in [6.45, 7) is 6.86. The Hall–Kier alpha value is -3.42. The summed E-state index contributed by atoms with van der Waals surface area (Å²) in [4.78, 5) is 39.6. The van der Waals surface area contributed by atoms with Gasteiger partial charge in [-0.1, -0.05) is 37.6 Å². The van der Waals surface area contributed by atoms with E-state index in [0.29, 0.717) is 35.0 Å². The van der Waals surface area contributed by atoms with Crippen LogP contribution in [0.15, 0.2) is 64.0 Å². The van der Waals surface area contributed by atoms with Gasteiger partial charge in [-0.25, -0.2) is 4.79 Å². The van der Waals surface area contributed by atoms with E-state index in [1.807, 2.05) is 13.8 Å². The SMILES string of the molecule is CCN(CC)CCOC(=O)/C=C/c1ccc2occ(C(=O)Nc3cccc(Cl)c3)c(=O)c2c1. The summed E-state index contributed by atoms with van der Waals surface area (Å²) in [5.41, 5.74) is 0.775. The molecule has 0 aliphatic rings. The van der Waals surface area contributed by atoms with Crippen molar-refractivity contribution in [1.82, 2.24) is 4.90 Å². The second-order valence-electron chi connectivity index (χ2n) is 7.23. The lowest BCUT2D eigenvalue weighted by Gasteiger charge is -2.16. The van der Waals surface area contributed by atoms with Crippen LogP contribution in [0, 0.1) is 0 Å². The van der Waals surface area contributed by atoms with Gasteiger partial charge in [0.25, 0.3) is 5.91 Å². The highest BCUT2D eigenvalue weighted by molar-refractivity contribution is 6.31. The predicted molar refractivity (Wildman–Crippen MR) is 130 cm³/mol. The van der Waals surface area contributed by atoms with Crippen molar-refractivity contribution < 1.29 is 18.7 Å². The zero-order valence-electron chi connectivity index (χ0n) is 18.5. The highest BCUT2D eigenvalue weighted by Crippen LogP contribution is 2.18. The number of fused-ring (bicyclic) bond motifs is 1. The van der Waals surface area contributed by atoms with E-state index in [1.165, 1.54) is 6.08 Å². The van der Waals surface area contributed by atoms with Crippen LogP contribution < -0.4 is 10.7 Å². The maximum atomic E-state index is 12.9. The minimum atomic E-state index is -0.606. The van der Waals surface area contributed by atoms with Gasteiger partial charge >= 0.3 is 5.97 Å². The number of hydrogen-bond acceptors (Lipinski definition) is 6. The van der Waals surface area contributed by atoms with Crippen LogP contribution in [0.2, 0.25) is 5.02 Å². The first-order chi connectivity index (χ1) is 15.9. The molecular weight excluding hydrogens is 444 g/mol. The number of amides is 1. The van der Waals surface area contributed by atoms with Crippen molar-refractivity contribution >= 4 is 46.2 Å². The molecule has 33 heavy (non-hydrogen) atoms. The first-order valence-corrected chi connectivity index (χ1v) is 11.0. The first kappa shape index (κ1) is 24.2. The van der Waals surface area contributed by atoms with Crippen molar-refractivity contribution in [2.24, 2.45) is 0 Å². The van der Waals surface area contributed by atoms with Crippen molar-refractivity contribution in [2.75, 3.05) is 31.6 Å². The summed E-state index contributed by atoms with van der Waals surface area (Å²) >= 11 is 5.94. The highest BCUT2D eigenvalue weighted by atomic mass is 35.5. The number of halogens is 1. The summed E-state index contributed by atoms with van der Waals surface area (Å²) in [6.07, 6.45) is 3.99. The molecule has 0 saturated carbocycles. The summed E-state index contributed by atoms with van der Waals surface area (Å²) in [7, 11) is 0. The number of benzene rings is 2. The van der Waals surface area contributed by atoms with E-state index in [9.17, 15) is 14.4 Å². The normalized spacial score (nSPS) is 11.3. The molecule has 0 bridgehead atoms. The van der Waals surface area contributed by atoms with E-state index < -0.39 is 17.3 Å². The number of nitrogens with zero attached hydrogens (tertiary/aromatic N) is 1. The molecule has 1 amide bonds. The number of ether oxygens (including phenoxy) is 1. The number of carbonyl (C=O) groups excluding carboxylic acids is 2. The van der Waals surface area contributed by atoms with Gasteiger partial charge < -0.3 is 19.4 Å². The molecule has 0 aliphatic heterocycles. The van der Waals surface area contributed by atoms with Gasteiger partial charge in [-0.2, -0.15) is 0 Å². The Bertz CT molecular complexity index is 1230. The van der Waals surface area contributed by atoms with E-state index >= 15 is 0 Å². The molecule has 0 spiro atoms. The highest BCUT2D eigenvalue weighted by Gasteiger charge is 2.15. The van der Waals surface area contributed by atoms with E-state index in [-0.39, 0.29) is 10.9 Å². The Balaban J connectivity index is 1.73. The van der Waals surface area contributed by atoms with Crippen molar-refractivity contribution in [3.05, 3.63) is 81.2 Å². The van der Waals surface area contributed by atoms with Crippen molar-refractivity contribution in [1.29, 1.82) is 0 Å². The maximum Gasteiger partial charge on any atom is 0.330 e. The molecule has 172 valence electrons. The van der Waals surface area contributed by atoms with Crippen LogP contribution in [0.25, 0.3) is 17.0 Å². The number of esters is 1. The Labute approximate surface area is 196 Å². The lowest BCUT2D eigenvalue weighted by atomic mass is 10.1. The second-order valence-corrected chi connectivity index (χ2v) is 7.66. The van der Waals surface area contributed by atoms with Crippen molar-refractivity contribution in [2.45, 2.75) is 13.8 Å². The van der Waals surface area contributed by atoms with E-state index in [2.05, 4.69) is 10.2 Å². The number of rotatable bonds is 9. The van der Waals surface area contributed by atoms with Gasteiger partial charge in [0, 0.05) is 23.3 Å². The minimum absolute atomic E-state index is 0.139. The van der Waals surface area contributed by atoms with Crippen LogP contribution in [0.1, 0.15) is 29.8 Å². The molecule has 0 aliphatic carbocycles. The third-order valence-electron chi connectivity index (χ3n) is 5.08. The molecule has 1 aromatic heterocycles. The first-order valence-electron chi connectivity index (χ1n) is 10.6. The average Bonchev–Trinajstić information content (AvgIpc) is 2.81. The zero-order valence-corrected chi connectivity index (χ0v) is 19.2. The van der Waals surface area contributed by atoms with Gasteiger partial charge in [-0.15, -0.1) is 0 Å². The molecule has 3 aromatic rings. The summed E-state index contributed by atoms with van der Waals surface area (Å²) in [5, 5.41) is 3.32. The molecule has 3 rings (SSSR count). The fourth-order valence-corrected chi connectivity index (χ4v) is 3.39. The largest absolute Gasteiger partial charge is 0.463 e. The summed E-state index contributed by atoms with van der Waals surface area (Å²) in [5.74, 6) is -1.07. The molecule has 2 aromatic carbocycles. The number of hydrogen-bond donors (Lipinski definition) is 1. The third kappa shape index (κ3) is 6.54. The lowest BCUT2D eigenvalue weighted by molar-refractivity contribution is -0.138. The summed E-state index contributed by atoms with van der Waals surface area (Å²) in [6, 6.07) is 11.5. The van der Waals surface area contributed by atoms with Crippen LogP contribution in [-0.2, 0) is 9.53 Å². The van der Waals surface area contributed by atoms with E-state index in [4.69, 9.17) is 20.8 Å². The van der Waals surface area contributed by atoms with Crippen molar-refractivity contribution in [3.8, 4) is 0 Å². The number of anilines is 1. The molecule has 0 unspecified atom stereocenters. The molecule has 0 fully saturated rings. The van der Waals surface area contributed by atoms with Gasteiger partial charge in [0.05, 0.1) is 5.39 Å². The Morgan fingerprint density at radius 3 is 2.67 bits per heavy atom. The topological polar surface area (TPSA) is 88.8 Å². The number of carbonyl (C=O) groups is 2. The van der Waals surface area contributed by atoms with Crippen LogP contribution in [0.4, 0.5) is 5.69 Å². The van der Waals surface area contributed by atoms with Gasteiger partial charge in [0.2, 0.25) is 5.43 Å². The molecule has 0 atom stereocenters. The molecule has 7 nitrogen and oxygen atoms in total. The summed E-state index contributed by atoms with van der Waals surface area (Å²) < 4.78 is 10.7. The zero-order chi connectivity index (χ0) is 23.8. The Morgan fingerprint density at radius 1 is 1.15 bits per heavy atom.